The molecule has 1 aliphatic heterocycles. The molecule has 5 heteroatoms. The maximum atomic E-state index is 12.5. The molecule has 0 bridgehead atoms. The largest absolute Gasteiger partial charge is 0.481 e. The van der Waals surface area contributed by atoms with Crippen LogP contribution in [0.25, 0.3) is 0 Å². The Kier molecular flexibility index (Phi) is 4.96. The van der Waals surface area contributed by atoms with Crippen molar-refractivity contribution in [1.82, 2.24) is 4.90 Å². The second-order valence-electron chi connectivity index (χ2n) is 6.70. The van der Waals surface area contributed by atoms with Crippen LogP contribution in [-0.4, -0.2) is 41.0 Å². The fraction of sp³-hybridized carbons (Fsp3) is 0.857. The minimum atomic E-state index is -0.817. The van der Waals surface area contributed by atoms with Crippen LogP contribution in [0.3, 0.4) is 0 Å². The lowest BCUT2D eigenvalue weighted by atomic mass is 9.84. The molecule has 0 aliphatic carbocycles. The summed E-state index contributed by atoms with van der Waals surface area (Å²) in [5, 5.41) is 9.10. The van der Waals surface area contributed by atoms with Crippen LogP contribution in [0.1, 0.15) is 40.5 Å². The highest BCUT2D eigenvalue weighted by Gasteiger charge is 2.40. The first-order valence-corrected chi connectivity index (χ1v) is 6.90. The number of aliphatic carboxylic acids is 1. The standard InChI is InChI=1S/C14H26N2O3/c1-9-11(13(18)19)5-6-16(9)12(17)10(8-15)7-14(2,3)4/h9-11H,5-8,15H2,1-4H3,(H,18,19). The van der Waals surface area contributed by atoms with Crippen LogP contribution < -0.4 is 5.73 Å². The number of hydrogen-bond donors (Lipinski definition) is 2. The van der Waals surface area contributed by atoms with Crippen LogP contribution in [0.4, 0.5) is 0 Å². The third-order valence-electron chi connectivity index (χ3n) is 3.85. The van der Waals surface area contributed by atoms with Crippen molar-refractivity contribution in [3.8, 4) is 0 Å². The monoisotopic (exact) mass is 270 g/mol. The molecule has 1 fully saturated rings. The van der Waals surface area contributed by atoms with Gasteiger partial charge in [0.05, 0.1) is 11.8 Å². The minimum Gasteiger partial charge on any atom is -0.481 e. The average molecular weight is 270 g/mol. The van der Waals surface area contributed by atoms with Gasteiger partial charge in [0, 0.05) is 19.1 Å². The highest BCUT2D eigenvalue weighted by molar-refractivity contribution is 5.81. The van der Waals surface area contributed by atoms with E-state index in [-0.39, 0.29) is 23.3 Å². The molecule has 0 saturated carbocycles. The number of amides is 1. The number of rotatable bonds is 4. The molecule has 5 nitrogen and oxygen atoms in total. The summed E-state index contributed by atoms with van der Waals surface area (Å²) in [5.74, 6) is -1.47. The molecule has 1 rings (SSSR count). The molecule has 0 aromatic carbocycles. The lowest BCUT2D eigenvalue weighted by Crippen LogP contribution is -2.44. The van der Waals surface area contributed by atoms with Crippen LogP contribution in [0.15, 0.2) is 0 Å². The van der Waals surface area contributed by atoms with Gasteiger partial charge in [-0.3, -0.25) is 9.59 Å². The third kappa shape index (κ3) is 3.93. The number of nitrogens with zero attached hydrogens (tertiary/aromatic N) is 1. The molecule has 3 unspecified atom stereocenters. The molecule has 0 spiro atoms. The van der Waals surface area contributed by atoms with Crippen molar-refractivity contribution >= 4 is 11.9 Å². The third-order valence-corrected chi connectivity index (χ3v) is 3.85. The summed E-state index contributed by atoms with van der Waals surface area (Å²) in [7, 11) is 0. The minimum absolute atomic E-state index is 0.00803. The summed E-state index contributed by atoms with van der Waals surface area (Å²) in [6.45, 7) is 8.90. The van der Waals surface area contributed by atoms with Gasteiger partial charge in [-0.2, -0.15) is 0 Å². The van der Waals surface area contributed by atoms with Gasteiger partial charge in [0.25, 0.3) is 0 Å². The molecule has 1 heterocycles. The average Bonchev–Trinajstić information content (AvgIpc) is 2.66. The molecule has 19 heavy (non-hydrogen) atoms. The molecule has 3 N–H and O–H groups in total. The molecule has 0 aromatic heterocycles. The second kappa shape index (κ2) is 5.90. The van der Waals surface area contributed by atoms with Gasteiger partial charge >= 0.3 is 5.97 Å². The van der Waals surface area contributed by atoms with Gasteiger partial charge < -0.3 is 15.7 Å². The molecule has 1 aliphatic rings. The van der Waals surface area contributed by atoms with E-state index in [4.69, 9.17) is 10.8 Å². The zero-order chi connectivity index (χ0) is 14.8. The van der Waals surface area contributed by atoms with E-state index in [1.165, 1.54) is 0 Å². The fourth-order valence-corrected chi connectivity index (χ4v) is 2.83. The molecule has 3 atom stereocenters. The van der Waals surface area contributed by atoms with Crippen LogP contribution in [-0.2, 0) is 9.59 Å². The number of carboxylic acids is 1. The second-order valence-corrected chi connectivity index (χ2v) is 6.70. The summed E-state index contributed by atoms with van der Waals surface area (Å²) in [6.07, 6.45) is 1.26. The smallest absolute Gasteiger partial charge is 0.308 e. The van der Waals surface area contributed by atoms with Crippen molar-refractivity contribution in [3.63, 3.8) is 0 Å². The summed E-state index contributed by atoms with van der Waals surface area (Å²) in [5.41, 5.74) is 5.76. The van der Waals surface area contributed by atoms with E-state index in [1.807, 2.05) is 6.92 Å². The Morgan fingerprint density at radius 3 is 2.37 bits per heavy atom. The predicted molar refractivity (Wildman–Crippen MR) is 73.5 cm³/mol. The summed E-state index contributed by atoms with van der Waals surface area (Å²) >= 11 is 0. The number of nitrogens with two attached hydrogens (primary N) is 1. The normalized spacial score (nSPS) is 25.4. The van der Waals surface area contributed by atoms with E-state index >= 15 is 0 Å². The van der Waals surface area contributed by atoms with E-state index in [1.54, 1.807) is 4.90 Å². The maximum Gasteiger partial charge on any atom is 0.308 e. The topological polar surface area (TPSA) is 83.6 Å². The quantitative estimate of drug-likeness (QED) is 0.807. The van der Waals surface area contributed by atoms with E-state index in [0.717, 1.165) is 6.42 Å². The molecule has 1 saturated heterocycles. The van der Waals surface area contributed by atoms with Crippen LogP contribution in [0.2, 0.25) is 0 Å². The zero-order valence-corrected chi connectivity index (χ0v) is 12.3. The first-order valence-electron chi connectivity index (χ1n) is 6.90. The van der Waals surface area contributed by atoms with Crippen molar-refractivity contribution in [3.05, 3.63) is 0 Å². The van der Waals surface area contributed by atoms with Gasteiger partial charge in [-0.1, -0.05) is 20.8 Å². The van der Waals surface area contributed by atoms with Crippen molar-refractivity contribution in [2.24, 2.45) is 23.0 Å². The number of carboxylic acid groups (broad SMARTS) is 1. The number of hydrogen-bond acceptors (Lipinski definition) is 3. The first kappa shape index (κ1) is 16.0. The van der Waals surface area contributed by atoms with Crippen LogP contribution in [0, 0.1) is 17.3 Å². The van der Waals surface area contributed by atoms with Crippen molar-refractivity contribution < 1.29 is 14.7 Å². The Morgan fingerprint density at radius 2 is 2.00 bits per heavy atom. The molecular formula is C14H26N2O3. The lowest BCUT2D eigenvalue weighted by Gasteiger charge is -2.30. The van der Waals surface area contributed by atoms with Crippen LogP contribution >= 0.6 is 0 Å². The first-order chi connectivity index (χ1) is 8.67. The maximum absolute atomic E-state index is 12.5. The SMILES string of the molecule is CC1C(C(=O)O)CCN1C(=O)C(CN)CC(C)(C)C. The lowest BCUT2D eigenvalue weighted by molar-refractivity contribution is -0.143. The Morgan fingerprint density at radius 1 is 1.42 bits per heavy atom. The Balaban J connectivity index is 2.74. The van der Waals surface area contributed by atoms with E-state index in [0.29, 0.717) is 19.5 Å². The van der Waals surface area contributed by atoms with E-state index in [2.05, 4.69) is 20.8 Å². The van der Waals surface area contributed by atoms with Gasteiger partial charge in [0.1, 0.15) is 0 Å². The van der Waals surface area contributed by atoms with Gasteiger partial charge in [-0.05, 0) is 25.2 Å². The predicted octanol–water partition coefficient (Wildman–Crippen LogP) is 1.32. The van der Waals surface area contributed by atoms with E-state index < -0.39 is 11.9 Å². The summed E-state index contributed by atoms with van der Waals surface area (Å²) < 4.78 is 0. The Bertz CT molecular complexity index is 349. The molecule has 1 amide bonds. The highest BCUT2D eigenvalue weighted by Crippen LogP contribution is 2.30. The summed E-state index contributed by atoms with van der Waals surface area (Å²) in [6, 6.07) is -0.237. The number of carbonyl (C=O) groups is 2. The Hall–Kier alpha value is -1.10. The summed E-state index contributed by atoms with van der Waals surface area (Å²) in [4.78, 5) is 25.3. The number of likely N-dealkylation sites (tertiary alicyclic amines) is 1. The molecule has 110 valence electrons. The molecule has 0 radical (unpaired) electrons. The van der Waals surface area contributed by atoms with Crippen molar-refractivity contribution in [2.75, 3.05) is 13.1 Å². The van der Waals surface area contributed by atoms with Gasteiger partial charge in [-0.15, -0.1) is 0 Å². The Labute approximate surface area is 115 Å². The van der Waals surface area contributed by atoms with Crippen molar-refractivity contribution in [1.29, 1.82) is 0 Å². The van der Waals surface area contributed by atoms with Gasteiger partial charge in [0.2, 0.25) is 5.91 Å². The highest BCUT2D eigenvalue weighted by atomic mass is 16.4. The van der Waals surface area contributed by atoms with E-state index in [9.17, 15) is 9.59 Å². The number of carbonyl (C=O) groups excluding carboxylic acids is 1. The van der Waals surface area contributed by atoms with Crippen molar-refractivity contribution in [2.45, 2.75) is 46.6 Å². The van der Waals surface area contributed by atoms with Crippen LogP contribution in [0.5, 0.6) is 0 Å². The van der Waals surface area contributed by atoms with Gasteiger partial charge in [-0.25, -0.2) is 0 Å². The van der Waals surface area contributed by atoms with Gasteiger partial charge in [0.15, 0.2) is 0 Å². The zero-order valence-electron chi connectivity index (χ0n) is 12.3. The fourth-order valence-electron chi connectivity index (χ4n) is 2.83. The molecule has 0 aromatic rings. The molecular weight excluding hydrogens is 244 g/mol.